The lowest BCUT2D eigenvalue weighted by Gasteiger charge is -2.39. The van der Waals surface area contributed by atoms with E-state index in [0.717, 1.165) is 12.8 Å². The maximum absolute atomic E-state index is 14.0. The Hall–Kier alpha value is -1.03. The summed E-state index contributed by atoms with van der Waals surface area (Å²) < 4.78 is 44.1. The molecule has 3 rings (SSSR count). The number of benzene rings is 1. The summed E-state index contributed by atoms with van der Waals surface area (Å²) in [5.41, 5.74) is 6.35. The number of aliphatic hydroxyl groups excluding tert-OH is 1. The Morgan fingerprint density at radius 3 is 2.66 bits per heavy atom. The first-order chi connectivity index (χ1) is 14.7. The predicted molar refractivity (Wildman–Crippen MR) is 121 cm³/mol. The molecule has 1 saturated heterocycles. The van der Waals surface area contributed by atoms with Gasteiger partial charge in [-0.3, -0.25) is 4.39 Å². The van der Waals surface area contributed by atoms with Crippen LogP contribution in [0, 0.1) is 17.2 Å². The average molecular weight is 479 g/mol. The van der Waals surface area contributed by atoms with E-state index in [2.05, 4.69) is 5.32 Å². The summed E-state index contributed by atoms with van der Waals surface area (Å²) in [6.45, 7) is 6.02. The molecule has 32 heavy (non-hydrogen) atoms. The highest BCUT2D eigenvalue weighted by molar-refractivity contribution is 5.85. The van der Waals surface area contributed by atoms with E-state index in [4.69, 9.17) is 19.9 Å². The van der Waals surface area contributed by atoms with Crippen molar-refractivity contribution < 1.29 is 28.1 Å². The molecule has 1 aliphatic heterocycles. The van der Waals surface area contributed by atoms with Crippen molar-refractivity contribution >= 4 is 12.4 Å². The molecule has 1 aromatic rings. The fraction of sp³-hybridized carbons (Fsp3) is 0.739. The molecular formula is C23H37ClF2N2O4. The summed E-state index contributed by atoms with van der Waals surface area (Å²) in [6, 6.07) is 3.36. The summed E-state index contributed by atoms with van der Waals surface area (Å²) in [5.74, 6) is 0.687. The second-order valence-electron chi connectivity index (χ2n) is 9.78. The second-order valence-corrected chi connectivity index (χ2v) is 9.78. The van der Waals surface area contributed by atoms with E-state index >= 15 is 0 Å². The van der Waals surface area contributed by atoms with Crippen LogP contribution in [0.1, 0.15) is 39.2 Å². The minimum absolute atomic E-state index is 0. The number of hydrogen-bond donors (Lipinski definition) is 3. The third-order valence-corrected chi connectivity index (χ3v) is 5.76. The number of hydrogen-bond acceptors (Lipinski definition) is 6. The third kappa shape index (κ3) is 8.08. The molecule has 1 aromatic carbocycles. The largest absolute Gasteiger partial charge is 0.493 e. The SMILES string of the molecule is C[C@@H]1N[C@@H]([C@@H](O)[C@@H](N)Cc2cc(F)cc(OCC3CC3)c2)CO[C@H]1OCC(C)(C)CF.Cl. The van der Waals surface area contributed by atoms with Gasteiger partial charge in [-0.15, -0.1) is 12.4 Å². The summed E-state index contributed by atoms with van der Waals surface area (Å²) in [4.78, 5) is 0. The smallest absolute Gasteiger partial charge is 0.172 e. The normalized spacial score (nSPS) is 25.7. The molecule has 0 aromatic heterocycles. The topological polar surface area (TPSA) is 86.0 Å². The maximum atomic E-state index is 14.0. The Labute approximate surface area is 195 Å². The lowest BCUT2D eigenvalue weighted by Crippen LogP contribution is -2.61. The van der Waals surface area contributed by atoms with Gasteiger partial charge >= 0.3 is 0 Å². The molecule has 5 atom stereocenters. The van der Waals surface area contributed by atoms with Crippen LogP contribution < -0.4 is 15.8 Å². The van der Waals surface area contributed by atoms with Crippen molar-refractivity contribution in [3.05, 3.63) is 29.6 Å². The van der Waals surface area contributed by atoms with Crippen molar-refractivity contribution in [3.63, 3.8) is 0 Å². The van der Waals surface area contributed by atoms with Gasteiger partial charge in [0.25, 0.3) is 0 Å². The van der Waals surface area contributed by atoms with Crippen LogP contribution >= 0.6 is 12.4 Å². The Morgan fingerprint density at radius 2 is 2.03 bits per heavy atom. The monoisotopic (exact) mass is 478 g/mol. The van der Waals surface area contributed by atoms with Gasteiger partial charge < -0.3 is 30.4 Å². The number of aliphatic hydroxyl groups is 1. The Kier molecular flexibility index (Phi) is 10.1. The molecule has 6 nitrogen and oxygen atoms in total. The molecule has 0 spiro atoms. The molecule has 4 N–H and O–H groups in total. The number of alkyl halides is 1. The molecule has 2 aliphatic rings. The van der Waals surface area contributed by atoms with Crippen molar-refractivity contribution in [1.29, 1.82) is 0 Å². The number of rotatable bonds is 11. The van der Waals surface area contributed by atoms with Crippen LogP contribution in [0.25, 0.3) is 0 Å². The molecule has 0 radical (unpaired) electrons. The van der Waals surface area contributed by atoms with Gasteiger partial charge in [-0.25, -0.2) is 4.39 Å². The van der Waals surface area contributed by atoms with Crippen molar-refractivity contribution in [3.8, 4) is 5.75 Å². The van der Waals surface area contributed by atoms with Crippen LogP contribution in [0.15, 0.2) is 18.2 Å². The standard InChI is InChI=1S/C23H36F2N2O4.ClH/c1-14-22(31-13-23(2,3)12-24)30-11-20(27-14)21(28)19(26)8-16-6-17(25)9-18(7-16)29-10-15-4-5-15;/h6-7,9,14-15,19-22,27-28H,4-5,8,10-13,26H2,1-3H3;1H/t14-,19-,20+,21-,22-;/m0./s1. The molecule has 2 fully saturated rings. The quantitative estimate of drug-likeness (QED) is 0.453. The van der Waals surface area contributed by atoms with Crippen LogP contribution in [0.4, 0.5) is 8.78 Å². The second kappa shape index (κ2) is 11.9. The van der Waals surface area contributed by atoms with E-state index in [1.165, 1.54) is 12.1 Å². The van der Waals surface area contributed by atoms with E-state index in [0.29, 0.717) is 30.3 Å². The minimum atomic E-state index is -0.898. The van der Waals surface area contributed by atoms with Crippen LogP contribution in [0.5, 0.6) is 5.75 Å². The molecule has 0 amide bonds. The molecule has 9 heteroatoms. The lowest BCUT2D eigenvalue weighted by atomic mass is 9.95. The zero-order valence-electron chi connectivity index (χ0n) is 19.1. The van der Waals surface area contributed by atoms with Crippen molar-refractivity contribution in [2.75, 3.05) is 26.5 Å². The van der Waals surface area contributed by atoms with E-state index in [1.807, 2.05) is 6.92 Å². The summed E-state index contributed by atoms with van der Waals surface area (Å²) in [5, 5.41) is 14.0. The molecule has 1 heterocycles. The molecule has 0 bridgehead atoms. The van der Waals surface area contributed by atoms with Crippen LogP contribution in [0.2, 0.25) is 0 Å². The van der Waals surface area contributed by atoms with Gasteiger partial charge in [-0.2, -0.15) is 0 Å². The number of ether oxygens (including phenoxy) is 3. The fourth-order valence-electron chi connectivity index (χ4n) is 3.55. The fourth-order valence-corrected chi connectivity index (χ4v) is 3.55. The highest BCUT2D eigenvalue weighted by Gasteiger charge is 2.35. The first kappa shape index (κ1) is 27.2. The zero-order chi connectivity index (χ0) is 22.6. The molecule has 1 aliphatic carbocycles. The van der Waals surface area contributed by atoms with Crippen LogP contribution in [0.3, 0.4) is 0 Å². The highest BCUT2D eigenvalue weighted by Crippen LogP contribution is 2.30. The first-order valence-corrected chi connectivity index (χ1v) is 11.1. The summed E-state index contributed by atoms with van der Waals surface area (Å²) in [7, 11) is 0. The number of nitrogens with two attached hydrogens (primary N) is 1. The van der Waals surface area contributed by atoms with Gasteiger partial charge in [0.05, 0.1) is 44.7 Å². The van der Waals surface area contributed by atoms with E-state index in [1.54, 1.807) is 19.9 Å². The van der Waals surface area contributed by atoms with E-state index in [-0.39, 0.29) is 37.5 Å². The molecule has 184 valence electrons. The number of nitrogens with one attached hydrogen (secondary N) is 1. The summed E-state index contributed by atoms with van der Waals surface area (Å²) in [6.07, 6.45) is 1.20. The van der Waals surface area contributed by atoms with Crippen molar-refractivity contribution in [2.45, 2.75) is 70.6 Å². The highest BCUT2D eigenvalue weighted by atomic mass is 35.5. The Morgan fingerprint density at radius 1 is 1.31 bits per heavy atom. The van der Waals surface area contributed by atoms with Gasteiger partial charge in [-0.05, 0) is 49.8 Å². The third-order valence-electron chi connectivity index (χ3n) is 5.76. The molecular weight excluding hydrogens is 442 g/mol. The maximum Gasteiger partial charge on any atom is 0.172 e. The molecule has 0 unspecified atom stereocenters. The van der Waals surface area contributed by atoms with E-state index in [9.17, 15) is 13.9 Å². The molecule has 1 saturated carbocycles. The van der Waals surface area contributed by atoms with Gasteiger partial charge in [-0.1, -0.05) is 13.8 Å². The number of morpholine rings is 1. The van der Waals surface area contributed by atoms with Gasteiger partial charge in [0, 0.05) is 17.5 Å². The van der Waals surface area contributed by atoms with Crippen molar-refractivity contribution in [2.24, 2.45) is 17.1 Å². The predicted octanol–water partition coefficient (Wildman–Crippen LogP) is 2.98. The lowest BCUT2D eigenvalue weighted by molar-refractivity contribution is -0.202. The van der Waals surface area contributed by atoms with Gasteiger partial charge in [0.1, 0.15) is 11.6 Å². The van der Waals surface area contributed by atoms with Crippen molar-refractivity contribution in [1.82, 2.24) is 5.32 Å². The number of halogens is 3. The Bertz CT molecular complexity index is 723. The van der Waals surface area contributed by atoms with Crippen LogP contribution in [-0.2, 0) is 15.9 Å². The minimum Gasteiger partial charge on any atom is -0.493 e. The van der Waals surface area contributed by atoms with E-state index < -0.39 is 36.6 Å². The first-order valence-electron chi connectivity index (χ1n) is 11.1. The zero-order valence-corrected chi connectivity index (χ0v) is 19.9. The van der Waals surface area contributed by atoms with Crippen LogP contribution in [-0.4, -0.2) is 62.1 Å². The van der Waals surface area contributed by atoms with Gasteiger partial charge in [0.2, 0.25) is 0 Å². The summed E-state index contributed by atoms with van der Waals surface area (Å²) >= 11 is 0. The average Bonchev–Trinajstić information content (AvgIpc) is 3.55. The van der Waals surface area contributed by atoms with Gasteiger partial charge in [0.15, 0.2) is 6.29 Å². The Balaban J connectivity index is 0.00000363.